The van der Waals surface area contributed by atoms with Gasteiger partial charge in [-0.15, -0.1) is 0 Å². The Hall–Kier alpha value is -0.700. The maximum absolute atomic E-state index is 10.2. The van der Waals surface area contributed by atoms with Crippen molar-refractivity contribution >= 4 is 6.08 Å². The molecule has 0 atom stereocenters. The van der Waals surface area contributed by atoms with Crippen LogP contribution in [0, 0.1) is 11.8 Å². The lowest BCUT2D eigenvalue weighted by Crippen LogP contribution is -2.31. The maximum Gasteiger partial charge on any atom is 0.235 e. The molecule has 0 aromatic carbocycles. The van der Waals surface area contributed by atoms with Gasteiger partial charge in [-0.2, -0.15) is 0 Å². The zero-order chi connectivity index (χ0) is 16.8. The highest BCUT2D eigenvalue weighted by Crippen LogP contribution is 2.35. The van der Waals surface area contributed by atoms with Crippen LogP contribution in [0.4, 0.5) is 0 Å². The first-order valence-electron chi connectivity index (χ1n) is 9.28. The fraction of sp³-hybridized carbons (Fsp3) is 0.944. The fourth-order valence-corrected chi connectivity index (χ4v) is 3.58. The Morgan fingerprint density at radius 1 is 0.909 bits per heavy atom. The molecule has 2 saturated carbocycles. The van der Waals surface area contributed by atoms with Gasteiger partial charge in [0, 0.05) is 6.04 Å². The minimum atomic E-state index is 0.244. The highest BCUT2D eigenvalue weighted by Gasteiger charge is 2.26. The summed E-state index contributed by atoms with van der Waals surface area (Å²) in [6.45, 7) is 8.00. The maximum atomic E-state index is 10.2. The molecular weight excluding hydrogens is 276 g/mol. The standard InChI is InChI=1S/C14H24N2O2.2C2H6/c17-10-15-13-5-1-11(2-6-13)9-12-3-7-14(16-18)8-4-12;2*1-2/h11-14,16,18H,1-9H2;2*1-2H3. The molecule has 0 spiro atoms. The molecule has 0 unspecified atom stereocenters. The van der Waals surface area contributed by atoms with Crippen molar-refractivity contribution in [3.05, 3.63) is 0 Å². The average Bonchev–Trinajstić information content (AvgIpc) is 2.61. The van der Waals surface area contributed by atoms with E-state index in [4.69, 9.17) is 5.21 Å². The normalized spacial score (nSPS) is 30.8. The molecule has 2 aliphatic rings. The molecular formula is C18H36N2O2. The fourth-order valence-electron chi connectivity index (χ4n) is 3.58. The second-order valence-corrected chi connectivity index (χ2v) is 5.98. The van der Waals surface area contributed by atoms with Crippen molar-refractivity contribution in [2.45, 2.75) is 97.6 Å². The van der Waals surface area contributed by atoms with Gasteiger partial charge in [-0.1, -0.05) is 27.7 Å². The van der Waals surface area contributed by atoms with Gasteiger partial charge in [-0.3, -0.25) is 0 Å². The minimum absolute atomic E-state index is 0.244. The summed E-state index contributed by atoms with van der Waals surface area (Å²) < 4.78 is 0. The third-order valence-electron chi connectivity index (χ3n) is 4.75. The molecule has 130 valence electrons. The number of nitrogens with one attached hydrogen (secondary N) is 1. The molecule has 0 amide bonds. The van der Waals surface area contributed by atoms with Crippen LogP contribution in [0.25, 0.3) is 0 Å². The smallest absolute Gasteiger partial charge is 0.235 e. The second kappa shape index (κ2) is 13.9. The summed E-state index contributed by atoms with van der Waals surface area (Å²) in [5.74, 6) is 1.66. The van der Waals surface area contributed by atoms with Gasteiger partial charge in [0.25, 0.3) is 0 Å². The van der Waals surface area contributed by atoms with Crippen LogP contribution < -0.4 is 5.48 Å². The van der Waals surface area contributed by atoms with Crippen LogP contribution in [0.2, 0.25) is 0 Å². The zero-order valence-electron chi connectivity index (χ0n) is 15.0. The Morgan fingerprint density at radius 2 is 1.36 bits per heavy atom. The summed E-state index contributed by atoms with van der Waals surface area (Å²) in [7, 11) is 0. The van der Waals surface area contributed by atoms with Gasteiger partial charge in [-0.05, 0) is 69.6 Å². The SMILES string of the molecule is CC.CC.O=C=NC1CCC(CC2CCC(NO)CC2)CC1. The van der Waals surface area contributed by atoms with Crippen LogP contribution in [0.3, 0.4) is 0 Å². The van der Waals surface area contributed by atoms with E-state index < -0.39 is 0 Å². The molecule has 0 aromatic heterocycles. The molecule has 2 fully saturated rings. The topological polar surface area (TPSA) is 61.7 Å². The van der Waals surface area contributed by atoms with Gasteiger partial charge in [0.15, 0.2) is 0 Å². The van der Waals surface area contributed by atoms with Gasteiger partial charge >= 0.3 is 0 Å². The molecule has 0 aromatic rings. The van der Waals surface area contributed by atoms with Crippen molar-refractivity contribution in [3.63, 3.8) is 0 Å². The molecule has 2 aliphatic carbocycles. The van der Waals surface area contributed by atoms with Crippen molar-refractivity contribution < 1.29 is 10.0 Å². The molecule has 2 N–H and O–H groups in total. The summed E-state index contributed by atoms with van der Waals surface area (Å²) in [5, 5.41) is 8.89. The van der Waals surface area contributed by atoms with Crippen LogP contribution in [-0.2, 0) is 4.79 Å². The first-order valence-corrected chi connectivity index (χ1v) is 9.28. The summed E-state index contributed by atoms with van der Waals surface area (Å²) >= 11 is 0. The molecule has 22 heavy (non-hydrogen) atoms. The minimum Gasteiger partial charge on any atom is -0.317 e. The van der Waals surface area contributed by atoms with Crippen LogP contribution in [-0.4, -0.2) is 23.4 Å². The number of rotatable bonds is 4. The van der Waals surface area contributed by atoms with E-state index in [1.165, 1.54) is 32.1 Å². The van der Waals surface area contributed by atoms with E-state index in [-0.39, 0.29) is 6.04 Å². The zero-order valence-corrected chi connectivity index (χ0v) is 15.0. The number of hydrogen-bond acceptors (Lipinski definition) is 4. The van der Waals surface area contributed by atoms with Gasteiger partial charge in [-0.25, -0.2) is 15.3 Å². The third-order valence-corrected chi connectivity index (χ3v) is 4.75. The van der Waals surface area contributed by atoms with E-state index in [0.717, 1.165) is 37.5 Å². The first kappa shape index (κ1) is 21.3. The lowest BCUT2D eigenvalue weighted by Gasteiger charge is -2.32. The molecule has 0 radical (unpaired) electrons. The van der Waals surface area contributed by atoms with Gasteiger partial charge in [0.05, 0.1) is 6.04 Å². The highest BCUT2D eigenvalue weighted by atomic mass is 16.5. The lowest BCUT2D eigenvalue weighted by molar-refractivity contribution is 0.0918. The van der Waals surface area contributed by atoms with Crippen LogP contribution in [0.5, 0.6) is 0 Å². The molecule has 0 bridgehead atoms. The van der Waals surface area contributed by atoms with E-state index in [1.807, 2.05) is 27.7 Å². The van der Waals surface area contributed by atoms with Gasteiger partial charge in [0.2, 0.25) is 6.08 Å². The van der Waals surface area contributed by atoms with E-state index in [0.29, 0.717) is 6.04 Å². The first-order chi connectivity index (χ1) is 10.8. The number of nitrogens with zero attached hydrogens (tertiary/aromatic N) is 1. The van der Waals surface area contributed by atoms with Crippen molar-refractivity contribution in [1.82, 2.24) is 5.48 Å². The molecule has 0 aliphatic heterocycles. The van der Waals surface area contributed by atoms with Gasteiger partial charge in [0.1, 0.15) is 0 Å². The Kier molecular flexibility index (Phi) is 13.5. The summed E-state index contributed by atoms with van der Waals surface area (Å²) in [4.78, 5) is 14.1. The van der Waals surface area contributed by atoms with Crippen LogP contribution in [0.1, 0.15) is 85.5 Å². The van der Waals surface area contributed by atoms with Crippen molar-refractivity contribution in [1.29, 1.82) is 0 Å². The number of isocyanates is 1. The summed E-state index contributed by atoms with van der Waals surface area (Å²) in [5.41, 5.74) is 2.40. The van der Waals surface area contributed by atoms with E-state index >= 15 is 0 Å². The number of hydroxylamine groups is 1. The largest absolute Gasteiger partial charge is 0.317 e. The Morgan fingerprint density at radius 3 is 1.77 bits per heavy atom. The van der Waals surface area contributed by atoms with Crippen molar-refractivity contribution in [2.24, 2.45) is 16.8 Å². The molecule has 4 heteroatoms. The second-order valence-electron chi connectivity index (χ2n) is 5.98. The van der Waals surface area contributed by atoms with E-state index in [9.17, 15) is 4.79 Å². The number of aliphatic imine (C=N–C) groups is 1. The number of carbonyl (C=O) groups excluding carboxylic acids is 1. The summed E-state index contributed by atoms with van der Waals surface area (Å²) in [6.07, 6.45) is 12.3. The summed E-state index contributed by atoms with van der Waals surface area (Å²) in [6, 6.07) is 0.562. The Balaban J connectivity index is 0.00000102. The average molecular weight is 312 g/mol. The van der Waals surface area contributed by atoms with Crippen LogP contribution in [0.15, 0.2) is 4.99 Å². The predicted octanol–water partition coefficient (Wildman–Crippen LogP) is 4.86. The quantitative estimate of drug-likeness (QED) is 0.442. The highest BCUT2D eigenvalue weighted by molar-refractivity contribution is 5.33. The van der Waals surface area contributed by atoms with E-state index in [2.05, 4.69) is 10.5 Å². The third kappa shape index (κ3) is 8.07. The monoisotopic (exact) mass is 312 g/mol. The molecule has 0 saturated heterocycles. The van der Waals surface area contributed by atoms with Crippen molar-refractivity contribution in [3.8, 4) is 0 Å². The van der Waals surface area contributed by atoms with Crippen LogP contribution >= 0.6 is 0 Å². The van der Waals surface area contributed by atoms with Crippen molar-refractivity contribution in [2.75, 3.05) is 0 Å². The predicted molar refractivity (Wildman–Crippen MR) is 91.8 cm³/mol. The molecule has 4 nitrogen and oxygen atoms in total. The van der Waals surface area contributed by atoms with Gasteiger partial charge < -0.3 is 5.21 Å². The lowest BCUT2D eigenvalue weighted by atomic mass is 9.76. The Labute approximate surface area is 136 Å². The Bertz CT molecular complexity index is 287. The van der Waals surface area contributed by atoms with E-state index in [1.54, 1.807) is 6.08 Å². The molecule has 0 heterocycles. The molecule has 2 rings (SSSR count). The number of hydrogen-bond donors (Lipinski definition) is 2.